The van der Waals surface area contributed by atoms with E-state index in [4.69, 9.17) is 25.8 Å². The van der Waals surface area contributed by atoms with E-state index in [2.05, 4.69) is 33.1 Å². The van der Waals surface area contributed by atoms with Gasteiger partial charge in [0, 0.05) is 0 Å². The molecular weight excluding hydrogens is 495 g/mol. The number of methoxy groups -OCH3 is 1. The van der Waals surface area contributed by atoms with Gasteiger partial charge in [0.1, 0.15) is 5.75 Å². The summed E-state index contributed by atoms with van der Waals surface area (Å²) in [4.78, 5) is 11.9. The first-order chi connectivity index (χ1) is 13.4. The zero-order valence-corrected chi connectivity index (χ0v) is 18.8. The van der Waals surface area contributed by atoms with Crippen molar-refractivity contribution in [2.45, 2.75) is 26.4 Å². The monoisotopic (exact) mass is 516 g/mol. The number of hydrazone groups is 1. The second kappa shape index (κ2) is 11.1. The number of para-hydroxylation sites is 1. The van der Waals surface area contributed by atoms with E-state index in [1.165, 1.54) is 6.21 Å². The van der Waals surface area contributed by atoms with E-state index in [0.717, 1.165) is 9.99 Å². The van der Waals surface area contributed by atoms with Crippen molar-refractivity contribution < 1.29 is 19.0 Å². The van der Waals surface area contributed by atoms with Gasteiger partial charge in [0.05, 0.1) is 28.0 Å². The fourth-order valence-electron chi connectivity index (χ4n) is 2.13. The van der Waals surface area contributed by atoms with Gasteiger partial charge in [-0.1, -0.05) is 30.7 Å². The molecule has 2 aromatic rings. The SMILES string of the molecule is CC[C@H](C)Oc1c(Cl)cc(/C=N/NC(=O)COc2ccccc2I)cc1OC. The molecule has 0 unspecified atom stereocenters. The van der Waals surface area contributed by atoms with Gasteiger partial charge in [-0.2, -0.15) is 5.10 Å². The van der Waals surface area contributed by atoms with Crippen LogP contribution in [0.2, 0.25) is 5.02 Å². The molecular formula is C20H22ClIN2O4. The predicted octanol–water partition coefficient (Wildman–Crippen LogP) is 4.66. The minimum absolute atomic E-state index is 0.0119. The Labute approximate surface area is 183 Å². The summed E-state index contributed by atoms with van der Waals surface area (Å²) in [5.74, 6) is 1.27. The summed E-state index contributed by atoms with van der Waals surface area (Å²) in [5.41, 5.74) is 3.09. The molecule has 0 saturated heterocycles. The number of halogens is 2. The van der Waals surface area contributed by atoms with Crippen LogP contribution in [0, 0.1) is 3.57 Å². The average Bonchev–Trinajstić information content (AvgIpc) is 2.68. The molecule has 0 radical (unpaired) electrons. The maximum atomic E-state index is 11.9. The average molecular weight is 517 g/mol. The lowest BCUT2D eigenvalue weighted by Crippen LogP contribution is -2.24. The van der Waals surface area contributed by atoms with E-state index in [1.54, 1.807) is 25.3 Å². The maximum Gasteiger partial charge on any atom is 0.277 e. The van der Waals surface area contributed by atoms with E-state index in [0.29, 0.717) is 27.8 Å². The Bertz CT molecular complexity index is 845. The van der Waals surface area contributed by atoms with Crippen molar-refractivity contribution >= 4 is 46.3 Å². The second-order valence-corrected chi connectivity index (χ2v) is 7.45. The third-order valence-electron chi connectivity index (χ3n) is 3.74. The Morgan fingerprint density at radius 2 is 2.07 bits per heavy atom. The van der Waals surface area contributed by atoms with Crippen LogP contribution in [0.3, 0.4) is 0 Å². The van der Waals surface area contributed by atoms with Crippen molar-refractivity contribution in [1.82, 2.24) is 5.43 Å². The Morgan fingerprint density at radius 3 is 2.75 bits per heavy atom. The number of hydrogen-bond donors (Lipinski definition) is 1. The lowest BCUT2D eigenvalue weighted by Gasteiger charge is -2.17. The topological polar surface area (TPSA) is 69.2 Å². The van der Waals surface area contributed by atoms with Crippen LogP contribution >= 0.6 is 34.2 Å². The number of amides is 1. The van der Waals surface area contributed by atoms with Crippen molar-refractivity contribution in [3.8, 4) is 17.2 Å². The Hall–Kier alpha value is -2.00. The first kappa shape index (κ1) is 22.3. The van der Waals surface area contributed by atoms with Gasteiger partial charge in [-0.05, 0) is 65.8 Å². The molecule has 2 aromatic carbocycles. The predicted molar refractivity (Wildman–Crippen MR) is 119 cm³/mol. The van der Waals surface area contributed by atoms with Crippen LogP contribution < -0.4 is 19.6 Å². The normalized spacial score (nSPS) is 11.9. The van der Waals surface area contributed by atoms with Gasteiger partial charge in [-0.15, -0.1) is 0 Å². The fraction of sp³-hybridized carbons (Fsp3) is 0.300. The minimum atomic E-state index is -0.370. The number of rotatable bonds is 9. The lowest BCUT2D eigenvalue weighted by molar-refractivity contribution is -0.123. The standard InChI is InChI=1S/C20H22ClIN2O4/c1-4-13(2)28-20-15(21)9-14(10-18(20)26-3)11-23-24-19(25)12-27-17-8-6-5-7-16(17)22/h5-11,13H,4,12H2,1-3H3,(H,24,25)/b23-11+/t13-/m0/s1. The molecule has 1 atom stereocenters. The number of nitrogens with one attached hydrogen (secondary N) is 1. The van der Waals surface area contributed by atoms with Crippen LogP contribution in [0.25, 0.3) is 0 Å². The van der Waals surface area contributed by atoms with Gasteiger partial charge in [-0.3, -0.25) is 4.79 Å². The number of carbonyl (C=O) groups is 1. The molecule has 6 nitrogen and oxygen atoms in total. The Kier molecular flexibility index (Phi) is 8.85. The molecule has 0 spiro atoms. The van der Waals surface area contributed by atoms with Gasteiger partial charge in [0.15, 0.2) is 18.1 Å². The lowest BCUT2D eigenvalue weighted by atomic mass is 10.2. The number of benzene rings is 2. The van der Waals surface area contributed by atoms with Crippen LogP contribution in [0.5, 0.6) is 17.2 Å². The first-order valence-corrected chi connectivity index (χ1v) is 10.1. The molecule has 0 fully saturated rings. The number of nitrogens with zero attached hydrogens (tertiary/aromatic N) is 1. The van der Waals surface area contributed by atoms with E-state index in [9.17, 15) is 4.79 Å². The molecule has 150 valence electrons. The molecule has 0 aliphatic heterocycles. The summed E-state index contributed by atoms with van der Waals surface area (Å²) >= 11 is 8.46. The second-order valence-electron chi connectivity index (χ2n) is 5.88. The molecule has 1 N–H and O–H groups in total. The summed E-state index contributed by atoms with van der Waals surface area (Å²) in [6.07, 6.45) is 2.34. The Balaban J connectivity index is 1.97. The largest absolute Gasteiger partial charge is 0.493 e. The van der Waals surface area contributed by atoms with Crippen molar-refractivity contribution in [3.63, 3.8) is 0 Å². The molecule has 28 heavy (non-hydrogen) atoms. The summed E-state index contributed by atoms with van der Waals surface area (Å²) < 4.78 is 17.6. The van der Waals surface area contributed by atoms with Crippen LogP contribution in [-0.2, 0) is 4.79 Å². The molecule has 2 rings (SSSR count). The molecule has 1 amide bonds. The van der Waals surface area contributed by atoms with Crippen molar-refractivity contribution in [2.24, 2.45) is 5.10 Å². The zero-order chi connectivity index (χ0) is 20.5. The van der Waals surface area contributed by atoms with Crippen LogP contribution in [0.4, 0.5) is 0 Å². The summed E-state index contributed by atoms with van der Waals surface area (Å²) in [6, 6.07) is 10.9. The van der Waals surface area contributed by atoms with Gasteiger partial charge < -0.3 is 14.2 Å². The highest BCUT2D eigenvalue weighted by Gasteiger charge is 2.14. The summed E-state index contributed by atoms with van der Waals surface area (Å²) in [5, 5.41) is 4.35. The number of ether oxygens (including phenoxy) is 3. The highest BCUT2D eigenvalue weighted by Crippen LogP contribution is 2.37. The smallest absolute Gasteiger partial charge is 0.277 e. The molecule has 0 aromatic heterocycles. The van der Waals surface area contributed by atoms with Crippen LogP contribution in [-0.4, -0.2) is 31.9 Å². The Morgan fingerprint density at radius 1 is 1.32 bits per heavy atom. The van der Waals surface area contributed by atoms with Gasteiger partial charge in [-0.25, -0.2) is 5.43 Å². The molecule has 0 aliphatic carbocycles. The van der Waals surface area contributed by atoms with Crippen molar-refractivity contribution in [3.05, 3.63) is 50.6 Å². The zero-order valence-electron chi connectivity index (χ0n) is 15.9. The minimum Gasteiger partial charge on any atom is -0.493 e. The molecule has 0 heterocycles. The van der Waals surface area contributed by atoms with Gasteiger partial charge in [0.25, 0.3) is 5.91 Å². The summed E-state index contributed by atoms with van der Waals surface area (Å²) in [6.45, 7) is 3.85. The molecule has 0 saturated carbocycles. The fourth-order valence-corrected chi connectivity index (χ4v) is 2.94. The molecule has 0 bridgehead atoms. The molecule has 8 heteroatoms. The molecule has 0 aliphatic rings. The third-order valence-corrected chi connectivity index (χ3v) is 4.92. The van der Waals surface area contributed by atoms with E-state index in [1.807, 2.05) is 32.0 Å². The van der Waals surface area contributed by atoms with E-state index in [-0.39, 0.29) is 18.6 Å². The van der Waals surface area contributed by atoms with Gasteiger partial charge in [0.2, 0.25) is 0 Å². The summed E-state index contributed by atoms with van der Waals surface area (Å²) in [7, 11) is 1.54. The number of carbonyl (C=O) groups excluding carboxylic acids is 1. The van der Waals surface area contributed by atoms with Crippen molar-refractivity contribution in [2.75, 3.05) is 13.7 Å². The third kappa shape index (κ3) is 6.56. The quantitative estimate of drug-likeness (QED) is 0.299. The number of hydrogen-bond acceptors (Lipinski definition) is 5. The van der Waals surface area contributed by atoms with Crippen LogP contribution in [0.1, 0.15) is 25.8 Å². The highest BCUT2D eigenvalue weighted by molar-refractivity contribution is 14.1. The first-order valence-electron chi connectivity index (χ1n) is 8.68. The highest BCUT2D eigenvalue weighted by atomic mass is 127. The van der Waals surface area contributed by atoms with E-state index >= 15 is 0 Å². The maximum absolute atomic E-state index is 11.9. The van der Waals surface area contributed by atoms with Gasteiger partial charge >= 0.3 is 0 Å². The van der Waals surface area contributed by atoms with E-state index < -0.39 is 0 Å². The van der Waals surface area contributed by atoms with Crippen LogP contribution in [0.15, 0.2) is 41.5 Å². The van der Waals surface area contributed by atoms with Crippen molar-refractivity contribution in [1.29, 1.82) is 0 Å².